The maximum absolute atomic E-state index is 9.81. The van der Waals surface area contributed by atoms with E-state index in [4.69, 9.17) is 8.83 Å². The summed E-state index contributed by atoms with van der Waals surface area (Å²) in [5.74, 6) is 2.30. The lowest BCUT2D eigenvalue weighted by Gasteiger charge is -2.03. The molecule has 4 rings (SSSR count). The molecule has 0 aliphatic rings. The fraction of sp³-hybridized carbons (Fsp3) is 0.0435. The Morgan fingerprint density at radius 2 is 1.52 bits per heavy atom. The molecule has 0 unspecified atom stereocenters. The monoisotopic (exact) mass is 352 g/mol. The van der Waals surface area contributed by atoms with Crippen molar-refractivity contribution in [3.05, 3.63) is 89.9 Å². The lowest BCUT2D eigenvalue weighted by molar-refractivity contribution is 0.527. The number of nitriles is 1. The third-order valence-corrected chi connectivity index (χ3v) is 4.17. The SMILES string of the molecule is Cc1ccc(/C=N/c2oc(-c3ccccc3)c(-c3ccccc3)c2C#N)o1. The van der Waals surface area contributed by atoms with Gasteiger partial charge in [-0.2, -0.15) is 5.26 Å². The predicted molar refractivity (Wildman–Crippen MR) is 105 cm³/mol. The predicted octanol–water partition coefficient (Wildman–Crippen LogP) is 6.14. The summed E-state index contributed by atoms with van der Waals surface area (Å²) >= 11 is 0. The van der Waals surface area contributed by atoms with Crippen LogP contribution in [-0.4, -0.2) is 6.21 Å². The molecular formula is C23H16N2O2. The Labute approximate surface area is 157 Å². The Morgan fingerprint density at radius 3 is 2.11 bits per heavy atom. The van der Waals surface area contributed by atoms with E-state index >= 15 is 0 Å². The number of aliphatic imine (C=N–C) groups is 1. The van der Waals surface area contributed by atoms with Crippen LogP contribution in [0.15, 0.2) is 86.6 Å². The van der Waals surface area contributed by atoms with E-state index in [0.717, 1.165) is 22.5 Å². The number of aryl methyl sites for hydroxylation is 1. The van der Waals surface area contributed by atoms with Gasteiger partial charge >= 0.3 is 0 Å². The van der Waals surface area contributed by atoms with Crippen LogP contribution in [0, 0.1) is 18.3 Å². The molecule has 4 nitrogen and oxygen atoms in total. The van der Waals surface area contributed by atoms with Crippen LogP contribution in [0.2, 0.25) is 0 Å². The molecule has 4 aromatic rings. The lowest BCUT2D eigenvalue weighted by atomic mass is 9.98. The first kappa shape index (κ1) is 16.6. The summed E-state index contributed by atoms with van der Waals surface area (Å²) in [4.78, 5) is 4.39. The van der Waals surface area contributed by atoms with Gasteiger partial charge in [-0.1, -0.05) is 60.7 Å². The standard InChI is InChI=1S/C23H16N2O2/c1-16-12-13-19(26-16)15-25-23-20(14-24)21(17-8-4-2-5-9-17)22(27-23)18-10-6-3-7-11-18/h2-13,15H,1H3/b25-15+. The van der Waals surface area contributed by atoms with Crippen molar-refractivity contribution in [3.8, 4) is 28.5 Å². The van der Waals surface area contributed by atoms with Crippen molar-refractivity contribution in [1.29, 1.82) is 5.26 Å². The Balaban J connectivity index is 1.89. The average Bonchev–Trinajstić information content (AvgIpc) is 3.30. The zero-order valence-corrected chi connectivity index (χ0v) is 14.7. The number of benzene rings is 2. The summed E-state index contributed by atoms with van der Waals surface area (Å²) in [6, 6.07) is 25.4. The second kappa shape index (κ2) is 7.19. The maximum Gasteiger partial charge on any atom is 0.238 e. The summed E-state index contributed by atoms with van der Waals surface area (Å²) in [5, 5.41) is 9.81. The van der Waals surface area contributed by atoms with Crippen LogP contribution in [0.3, 0.4) is 0 Å². The molecule has 2 aromatic heterocycles. The van der Waals surface area contributed by atoms with E-state index in [1.54, 1.807) is 6.21 Å². The van der Waals surface area contributed by atoms with Gasteiger partial charge in [-0.15, -0.1) is 0 Å². The van der Waals surface area contributed by atoms with Gasteiger partial charge in [0.15, 0.2) is 0 Å². The first-order valence-electron chi connectivity index (χ1n) is 8.54. The Morgan fingerprint density at radius 1 is 0.852 bits per heavy atom. The van der Waals surface area contributed by atoms with Gasteiger partial charge in [0.25, 0.3) is 0 Å². The maximum atomic E-state index is 9.81. The van der Waals surface area contributed by atoms with Crippen molar-refractivity contribution in [1.82, 2.24) is 0 Å². The molecule has 0 saturated carbocycles. The van der Waals surface area contributed by atoms with Crippen LogP contribution in [0.4, 0.5) is 5.88 Å². The minimum absolute atomic E-state index is 0.268. The Kier molecular flexibility index (Phi) is 4.42. The summed E-state index contributed by atoms with van der Waals surface area (Å²) in [5.41, 5.74) is 2.95. The first-order chi connectivity index (χ1) is 13.3. The van der Waals surface area contributed by atoms with E-state index in [2.05, 4.69) is 11.1 Å². The smallest absolute Gasteiger partial charge is 0.238 e. The Hall–Kier alpha value is -3.84. The van der Waals surface area contributed by atoms with Crippen LogP contribution < -0.4 is 0 Å². The molecule has 0 amide bonds. The molecule has 0 atom stereocenters. The number of furan rings is 2. The van der Waals surface area contributed by atoms with Crippen LogP contribution in [0.25, 0.3) is 22.5 Å². The highest BCUT2D eigenvalue weighted by Gasteiger charge is 2.22. The normalized spacial score (nSPS) is 11.0. The van der Waals surface area contributed by atoms with Crippen LogP contribution in [-0.2, 0) is 0 Å². The summed E-state index contributed by atoms with van der Waals surface area (Å²) in [7, 11) is 0. The van der Waals surface area contributed by atoms with Gasteiger partial charge < -0.3 is 8.83 Å². The molecule has 27 heavy (non-hydrogen) atoms. The molecule has 2 heterocycles. The lowest BCUT2D eigenvalue weighted by Crippen LogP contribution is -1.83. The van der Waals surface area contributed by atoms with E-state index in [1.165, 1.54) is 0 Å². The topological polar surface area (TPSA) is 62.4 Å². The van der Waals surface area contributed by atoms with Crippen molar-refractivity contribution >= 4 is 12.1 Å². The highest BCUT2D eigenvalue weighted by Crippen LogP contribution is 2.42. The van der Waals surface area contributed by atoms with Crippen molar-refractivity contribution in [3.63, 3.8) is 0 Å². The van der Waals surface area contributed by atoms with E-state index < -0.39 is 0 Å². The van der Waals surface area contributed by atoms with Crippen LogP contribution in [0.5, 0.6) is 0 Å². The fourth-order valence-electron chi connectivity index (χ4n) is 2.93. The van der Waals surface area contributed by atoms with Crippen molar-refractivity contribution in [2.45, 2.75) is 6.92 Å². The van der Waals surface area contributed by atoms with Crippen LogP contribution in [0.1, 0.15) is 17.1 Å². The van der Waals surface area contributed by atoms with Gasteiger partial charge in [0, 0.05) is 11.1 Å². The molecule has 0 radical (unpaired) electrons. The highest BCUT2D eigenvalue weighted by molar-refractivity contribution is 5.89. The van der Waals surface area contributed by atoms with E-state index in [-0.39, 0.29) is 5.88 Å². The largest absolute Gasteiger partial charge is 0.460 e. The summed E-state index contributed by atoms with van der Waals surface area (Å²) < 4.78 is 11.6. The fourth-order valence-corrected chi connectivity index (χ4v) is 2.93. The summed E-state index contributed by atoms with van der Waals surface area (Å²) in [6.07, 6.45) is 1.57. The molecule has 0 spiro atoms. The number of rotatable bonds is 4. The molecule has 4 heteroatoms. The molecule has 0 N–H and O–H groups in total. The second-order valence-corrected chi connectivity index (χ2v) is 6.04. The minimum atomic E-state index is 0.268. The highest BCUT2D eigenvalue weighted by atomic mass is 16.4. The number of nitrogens with zero attached hydrogens (tertiary/aromatic N) is 2. The molecule has 130 valence electrons. The third-order valence-electron chi connectivity index (χ3n) is 4.17. The van der Waals surface area contributed by atoms with Gasteiger partial charge in [0.1, 0.15) is 28.9 Å². The average molecular weight is 352 g/mol. The minimum Gasteiger partial charge on any atom is -0.460 e. The first-order valence-corrected chi connectivity index (χ1v) is 8.54. The third kappa shape index (κ3) is 3.31. The van der Waals surface area contributed by atoms with E-state index in [9.17, 15) is 5.26 Å². The molecular weight excluding hydrogens is 336 g/mol. The second-order valence-electron chi connectivity index (χ2n) is 6.04. The molecule has 0 fully saturated rings. The van der Waals surface area contributed by atoms with Gasteiger partial charge in [0.2, 0.25) is 5.88 Å². The van der Waals surface area contributed by atoms with Gasteiger partial charge in [0.05, 0.1) is 6.21 Å². The molecule has 2 aromatic carbocycles. The summed E-state index contributed by atoms with van der Waals surface area (Å²) in [6.45, 7) is 1.87. The molecule has 0 bridgehead atoms. The zero-order chi connectivity index (χ0) is 18.6. The molecule has 0 aliphatic heterocycles. The van der Waals surface area contributed by atoms with Gasteiger partial charge in [-0.05, 0) is 24.6 Å². The number of hydrogen-bond acceptors (Lipinski definition) is 4. The number of hydrogen-bond donors (Lipinski definition) is 0. The van der Waals surface area contributed by atoms with Crippen LogP contribution >= 0.6 is 0 Å². The van der Waals surface area contributed by atoms with Gasteiger partial charge in [-0.25, -0.2) is 4.99 Å². The van der Waals surface area contributed by atoms with E-state index in [1.807, 2.05) is 79.7 Å². The Bertz CT molecular complexity index is 1130. The molecule has 0 aliphatic carbocycles. The van der Waals surface area contributed by atoms with Crippen molar-refractivity contribution in [2.75, 3.05) is 0 Å². The van der Waals surface area contributed by atoms with Crippen molar-refractivity contribution in [2.24, 2.45) is 4.99 Å². The van der Waals surface area contributed by atoms with Crippen molar-refractivity contribution < 1.29 is 8.83 Å². The quantitative estimate of drug-likeness (QED) is 0.415. The molecule has 0 saturated heterocycles. The van der Waals surface area contributed by atoms with E-state index in [0.29, 0.717) is 17.1 Å². The zero-order valence-electron chi connectivity index (χ0n) is 14.7. The van der Waals surface area contributed by atoms with Gasteiger partial charge in [-0.3, -0.25) is 0 Å².